The number of halogens is 3. The number of rotatable bonds is 2. The lowest BCUT2D eigenvalue weighted by molar-refractivity contribution is 0.280. The van der Waals surface area contributed by atoms with E-state index in [-0.39, 0.29) is 17.9 Å². The molecule has 0 unspecified atom stereocenters. The monoisotopic (exact) mass is 305 g/mol. The smallest absolute Gasteiger partial charge is 0.209 e. The Hall–Kier alpha value is -0.700. The Balaban J connectivity index is 0.00000162. The second kappa shape index (κ2) is 5.96. The van der Waals surface area contributed by atoms with Gasteiger partial charge in [0.1, 0.15) is 6.61 Å². The molecule has 18 heavy (non-hydrogen) atoms. The highest BCUT2D eigenvalue weighted by atomic mass is 35.5. The maximum absolute atomic E-state index is 5.93. The number of benzene rings is 1. The zero-order valence-electron chi connectivity index (χ0n) is 10.1. The Morgan fingerprint density at radius 2 is 1.94 bits per heavy atom. The third-order valence-corrected chi connectivity index (χ3v) is 3.09. The first-order valence-electron chi connectivity index (χ1n) is 5.32. The van der Waals surface area contributed by atoms with Crippen molar-refractivity contribution in [2.75, 3.05) is 6.61 Å². The van der Waals surface area contributed by atoms with Crippen molar-refractivity contribution in [1.82, 2.24) is 0 Å². The van der Waals surface area contributed by atoms with Crippen LogP contribution >= 0.6 is 35.6 Å². The summed E-state index contributed by atoms with van der Waals surface area (Å²) in [7, 11) is 0. The van der Waals surface area contributed by atoms with E-state index in [2.05, 4.69) is 4.99 Å². The Morgan fingerprint density at radius 3 is 2.50 bits per heavy atom. The molecular weight excluding hydrogens is 293 g/mol. The summed E-state index contributed by atoms with van der Waals surface area (Å²) in [6.07, 6.45) is 3.75. The highest BCUT2D eigenvalue weighted by molar-refractivity contribution is 6.42. The van der Waals surface area contributed by atoms with Crippen LogP contribution in [0.1, 0.15) is 19.4 Å². The fourth-order valence-corrected chi connectivity index (χ4v) is 1.79. The molecule has 2 rings (SSSR count). The third-order valence-electron chi connectivity index (χ3n) is 2.35. The molecule has 0 fully saturated rings. The van der Waals surface area contributed by atoms with Gasteiger partial charge in [-0.3, -0.25) is 0 Å². The Bertz CT molecular complexity index is 495. The van der Waals surface area contributed by atoms with Crippen LogP contribution in [0.5, 0.6) is 0 Å². The van der Waals surface area contributed by atoms with Gasteiger partial charge in [0.05, 0.1) is 15.6 Å². The lowest BCUT2D eigenvalue weighted by Gasteiger charge is -2.07. The predicted octanol–water partition coefficient (Wildman–Crippen LogP) is 4.64. The second-order valence-electron chi connectivity index (χ2n) is 4.56. The van der Waals surface area contributed by atoms with Crippen LogP contribution in [0.4, 0.5) is 0 Å². The third kappa shape index (κ3) is 3.91. The Morgan fingerprint density at radius 1 is 1.22 bits per heavy atom. The number of aliphatic imine (C=N–C) groups is 1. The lowest BCUT2D eigenvalue weighted by Crippen LogP contribution is -2.17. The summed E-state index contributed by atoms with van der Waals surface area (Å²) in [6.45, 7) is 4.69. The molecule has 0 radical (unpaired) electrons. The van der Waals surface area contributed by atoms with Crippen LogP contribution in [-0.4, -0.2) is 18.0 Å². The first-order chi connectivity index (χ1) is 7.96. The van der Waals surface area contributed by atoms with E-state index in [0.29, 0.717) is 22.5 Å². The molecule has 0 bridgehead atoms. The van der Waals surface area contributed by atoms with E-state index in [9.17, 15) is 0 Å². The average Bonchev–Trinajstić information content (AvgIpc) is 2.60. The standard InChI is InChI=1S/C13H13Cl2NO.ClH/c1-13(2)8-17-12(16-13)6-4-9-3-5-10(14)11(15)7-9;/h3-7H,8H2,1-2H3;1H/b6-4+;. The van der Waals surface area contributed by atoms with Crippen molar-refractivity contribution in [3.8, 4) is 0 Å². The van der Waals surface area contributed by atoms with Gasteiger partial charge in [0.15, 0.2) is 0 Å². The summed E-state index contributed by atoms with van der Waals surface area (Å²) in [4.78, 5) is 4.42. The van der Waals surface area contributed by atoms with Crippen molar-refractivity contribution >= 4 is 47.6 Å². The molecular formula is C13H14Cl3NO. The molecule has 1 aliphatic heterocycles. The molecule has 0 amide bonds. The fraction of sp³-hybridized carbons (Fsp3) is 0.308. The van der Waals surface area contributed by atoms with E-state index >= 15 is 0 Å². The van der Waals surface area contributed by atoms with Gasteiger partial charge in [-0.05, 0) is 37.6 Å². The number of ether oxygens (including phenoxy) is 1. The van der Waals surface area contributed by atoms with Crippen molar-refractivity contribution in [3.05, 3.63) is 39.9 Å². The van der Waals surface area contributed by atoms with Gasteiger partial charge in [-0.15, -0.1) is 12.4 Å². The topological polar surface area (TPSA) is 21.6 Å². The zero-order chi connectivity index (χ0) is 12.5. The molecule has 0 saturated heterocycles. The first-order valence-corrected chi connectivity index (χ1v) is 6.08. The van der Waals surface area contributed by atoms with Gasteiger partial charge in [-0.1, -0.05) is 29.3 Å². The summed E-state index contributed by atoms with van der Waals surface area (Å²) in [5, 5.41) is 1.10. The van der Waals surface area contributed by atoms with E-state index < -0.39 is 0 Å². The second-order valence-corrected chi connectivity index (χ2v) is 5.37. The first kappa shape index (κ1) is 15.4. The van der Waals surface area contributed by atoms with Gasteiger partial charge in [0.2, 0.25) is 5.90 Å². The van der Waals surface area contributed by atoms with Crippen molar-refractivity contribution < 1.29 is 4.74 Å². The van der Waals surface area contributed by atoms with Gasteiger partial charge in [-0.25, -0.2) is 4.99 Å². The maximum atomic E-state index is 5.93. The maximum Gasteiger partial charge on any atom is 0.209 e. The number of nitrogens with zero attached hydrogens (tertiary/aromatic N) is 1. The normalized spacial score (nSPS) is 17.2. The average molecular weight is 307 g/mol. The van der Waals surface area contributed by atoms with E-state index in [4.69, 9.17) is 27.9 Å². The van der Waals surface area contributed by atoms with Crippen molar-refractivity contribution in [2.45, 2.75) is 19.4 Å². The van der Waals surface area contributed by atoms with Crippen LogP contribution in [0.25, 0.3) is 6.08 Å². The van der Waals surface area contributed by atoms with Crippen LogP contribution in [0.15, 0.2) is 29.3 Å². The molecule has 0 aromatic heterocycles. The summed E-state index contributed by atoms with van der Waals surface area (Å²) < 4.78 is 5.45. The van der Waals surface area contributed by atoms with Crippen LogP contribution < -0.4 is 0 Å². The van der Waals surface area contributed by atoms with Crippen molar-refractivity contribution in [3.63, 3.8) is 0 Å². The molecule has 1 aromatic carbocycles. The quantitative estimate of drug-likeness (QED) is 0.780. The van der Waals surface area contributed by atoms with Gasteiger partial charge < -0.3 is 4.74 Å². The van der Waals surface area contributed by atoms with E-state index in [1.54, 1.807) is 12.1 Å². The molecule has 1 aliphatic rings. The van der Waals surface area contributed by atoms with E-state index in [0.717, 1.165) is 5.56 Å². The summed E-state index contributed by atoms with van der Waals surface area (Å²) in [5.74, 6) is 0.654. The fourth-order valence-electron chi connectivity index (χ4n) is 1.48. The van der Waals surface area contributed by atoms with Crippen LogP contribution in [0.2, 0.25) is 10.0 Å². The van der Waals surface area contributed by atoms with E-state index in [1.165, 1.54) is 0 Å². The number of hydrogen-bond donors (Lipinski definition) is 0. The predicted molar refractivity (Wildman–Crippen MR) is 80.2 cm³/mol. The molecule has 0 atom stereocenters. The molecule has 0 saturated carbocycles. The molecule has 98 valence electrons. The summed E-state index contributed by atoms with van der Waals surface area (Å²) >= 11 is 11.8. The van der Waals surface area contributed by atoms with Crippen LogP contribution in [0, 0.1) is 0 Å². The molecule has 1 heterocycles. The zero-order valence-corrected chi connectivity index (χ0v) is 12.4. The van der Waals surface area contributed by atoms with Gasteiger partial charge in [0, 0.05) is 6.08 Å². The minimum Gasteiger partial charge on any atom is -0.475 e. The molecule has 1 aromatic rings. The van der Waals surface area contributed by atoms with Gasteiger partial charge in [-0.2, -0.15) is 0 Å². The SMILES string of the molecule is CC1(C)COC(/C=C/c2ccc(Cl)c(Cl)c2)=N1.Cl. The molecule has 0 spiro atoms. The highest BCUT2D eigenvalue weighted by Crippen LogP contribution is 2.23. The lowest BCUT2D eigenvalue weighted by atomic mass is 10.1. The summed E-state index contributed by atoms with van der Waals surface area (Å²) in [5.41, 5.74) is 0.840. The summed E-state index contributed by atoms with van der Waals surface area (Å²) in [6, 6.07) is 5.47. The highest BCUT2D eigenvalue weighted by Gasteiger charge is 2.24. The van der Waals surface area contributed by atoms with Gasteiger partial charge >= 0.3 is 0 Å². The largest absolute Gasteiger partial charge is 0.475 e. The van der Waals surface area contributed by atoms with Crippen molar-refractivity contribution in [2.24, 2.45) is 4.99 Å². The minimum atomic E-state index is -0.128. The minimum absolute atomic E-state index is 0. The van der Waals surface area contributed by atoms with Crippen LogP contribution in [0.3, 0.4) is 0 Å². The van der Waals surface area contributed by atoms with Gasteiger partial charge in [0.25, 0.3) is 0 Å². The van der Waals surface area contributed by atoms with Crippen molar-refractivity contribution in [1.29, 1.82) is 0 Å². The van der Waals surface area contributed by atoms with E-state index in [1.807, 2.05) is 32.1 Å². The van der Waals surface area contributed by atoms with Crippen LogP contribution in [-0.2, 0) is 4.74 Å². The Kier molecular flexibility index (Phi) is 5.09. The molecule has 5 heteroatoms. The molecule has 2 nitrogen and oxygen atoms in total. The molecule has 0 aliphatic carbocycles. The Labute approximate surface area is 123 Å². The molecule has 0 N–H and O–H groups in total. The number of hydrogen-bond acceptors (Lipinski definition) is 2.